The van der Waals surface area contributed by atoms with Crippen LogP contribution in [0.3, 0.4) is 0 Å². The van der Waals surface area contributed by atoms with Gasteiger partial charge in [0.2, 0.25) is 0 Å². The maximum Gasteiger partial charge on any atom is 0.162 e. The number of benzene rings is 2. The minimum atomic E-state index is 0.692. The minimum absolute atomic E-state index is 0.692. The highest BCUT2D eigenvalue weighted by Gasteiger charge is 2.40. The molecule has 6 rings (SSSR count). The van der Waals surface area contributed by atoms with E-state index in [9.17, 15) is 0 Å². The number of hydrogen-bond donors (Lipinski definition) is 1. The molecule has 1 saturated carbocycles. The molecule has 1 N–H and O–H groups in total. The van der Waals surface area contributed by atoms with Crippen molar-refractivity contribution in [2.24, 2.45) is 11.8 Å². The van der Waals surface area contributed by atoms with Crippen LogP contribution in [0.25, 0.3) is 32.7 Å². The molecule has 3 unspecified atom stereocenters. The van der Waals surface area contributed by atoms with Crippen LogP contribution in [-0.2, 0) is 0 Å². The van der Waals surface area contributed by atoms with Crippen LogP contribution in [0.5, 0.6) is 0 Å². The van der Waals surface area contributed by atoms with Gasteiger partial charge in [0.1, 0.15) is 5.82 Å². The molecule has 6 heteroatoms. The summed E-state index contributed by atoms with van der Waals surface area (Å²) in [6, 6.07) is 19.4. The fourth-order valence-electron chi connectivity index (χ4n) is 6.18. The minimum Gasteiger partial charge on any atom is -0.369 e. The fraction of sp³-hybridized carbons (Fsp3) is 0.379. The predicted molar refractivity (Wildman–Crippen MR) is 148 cm³/mol. The molecule has 0 amide bonds. The van der Waals surface area contributed by atoms with E-state index in [4.69, 9.17) is 21.6 Å². The van der Waals surface area contributed by atoms with Crippen molar-refractivity contribution in [1.29, 1.82) is 0 Å². The first kappa shape index (κ1) is 23.0. The second-order valence-corrected chi connectivity index (χ2v) is 11.4. The lowest BCUT2D eigenvalue weighted by Gasteiger charge is -2.31. The van der Waals surface area contributed by atoms with E-state index < -0.39 is 0 Å². The van der Waals surface area contributed by atoms with Crippen LogP contribution in [0.15, 0.2) is 60.0 Å². The van der Waals surface area contributed by atoms with Crippen molar-refractivity contribution < 1.29 is 0 Å². The monoisotopic (exact) mass is 502 g/mol. The van der Waals surface area contributed by atoms with E-state index in [1.807, 2.05) is 18.2 Å². The highest BCUT2D eigenvalue weighted by atomic mass is 35.5. The maximum atomic E-state index is 6.35. The van der Waals surface area contributed by atoms with Gasteiger partial charge in [0.05, 0.1) is 5.52 Å². The molecule has 180 valence electrons. The summed E-state index contributed by atoms with van der Waals surface area (Å²) in [6.07, 6.45) is 6.72. The summed E-state index contributed by atoms with van der Waals surface area (Å²) in [5.74, 6) is 3.25. The van der Waals surface area contributed by atoms with Gasteiger partial charge in [-0.15, -0.1) is 11.3 Å². The standard InChI is InChI=1S/C29H31ClN4S/c1-34-18-21(23-8-2-3-9-26(23)34)13-14-31-29-24-12-11-22(30)17-25(24)32-28(33-29)20-7-4-6-19(16-20)27-10-5-15-35-27/h4-7,10-12,15-17,21,23,26H,2-3,8-9,13-14,18H2,1H3,(H,31,32,33). The molecule has 0 radical (unpaired) electrons. The van der Waals surface area contributed by atoms with Crippen molar-refractivity contribution in [1.82, 2.24) is 14.9 Å². The highest BCUT2D eigenvalue weighted by molar-refractivity contribution is 7.13. The molecule has 0 spiro atoms. The summed E-state index contributed by atoms with van der Waals surface area (Å²) in [5, 5.41) is 7.51. The molecule has 1 aliphatic heterocycles. The molecule has 3 heterocycles. The molecule has 1 aliphatic carbocycles. The SMILES string of the molecule is CN1CC(CCNc2nc(-c3cccc(-c4cccs4)c3)nc3cc(Cl)ccc23)C2CCCCC21. The number of likely N-dealkylation sites (tertiary alicyclic amines) is 1. The summed E-state index contributed by atoms with van der Waals surface area (Å²) >= 11 is 8.09. The van der Waals surface area contributed by atoms with Gasteiger partial charge in [-0.2, -0.15) is 0 Å². The number of rotatable bonds is 6. The molecule has 2 aliphatic rings. The number of hydrogen-bond acceptors (Lipinski definition) is 5. The van der Waals surface area contributed by atoms with E-state index in [0.717, 1.165) is 52.5 Å². The van der Waals surface area contributed by atoms with E-state index in [1.165, 1.54) is 49.1 Å². The Morgan fingerprint density at radius 3 is 2.80 bits per heavy atom. The Balaban J connectivity index is 1.27. The van der Waals surface area contributed by atoms with Gasteiger partial charge < -0.3 is 10.2 Å². The molecule has 4 nitrogen and oxygen atoms in total. The summed E-state index contributed by atoms with van der Waals surface area (Å²) in [6.45, 7) is 2.14. The van der Waals surface area contributed by atoms with E-state index in [1.54, 1.807) is 11.3 Å². The Bertz CT molecular complexity index is 1320. The van der Waals surface area contributed by atoms with Crippen LogP contribution >= 0.6 is 22.9 Å². The summed E-state index contributed by atoms with van der Waals surface area (Å²) in [4.78, 5) is 13.8. The zero-order valence-corrected chi connectivity index (χ0v) is 21.7. The highest BCUT2D eigenvalue weighted by Crippen LogP contribution is 2.40. The summed E-state index contributed by atoms with van der Waals surface area (Å²) < 4.78 is 0. The zero-order chi connectivity index (χ0) is 23.8. The van der Waals surface area contributed by atoms with Gasteiger partial charge >= 0.3 is 0 Å². The van der Waals surface area contributed by atoms with E-state index in [-0.39, 0.29) is 0 Å². The Labute approximate surface area is 216 Å². The predicted octanol–water partition coefficient (Wildman–Crippen LogP) is 7.60. The lowest BCUT2D eigenvalue weighted by Crippen LogP contribution is -2.32. The molecular formula is C29H31ClN4S. The Kier molecular flexibility index (Phi) is 6.48. The van der Waals surface area contributed by atoms with Gasteiger partial charge in [-0.3, -0.25) is 0 Å². The van der Waals surface area contributed by atoms with Crippen LogP contribution in [-0.4, -0.2) is 41.0 Å². The van der Waals surface area contributed by atoms with Crippen molar-refractivity contribution in [3.8, 4) is 21.8 Å². The third-order valence-electron chi connectivity index (χ3n) is 7.87. The van der Waals surface area contributed by atoms with E-state index in [2.05, 4.69) is 59.0 Å². The number of fused-ring (bicyclic) bond motifs is 2. The normalized spacial score (nSPS) is 22.4. The number of aromatic nitrogens is 2. The van der Waals surface area contributed by atoms with Gasteiger partial charge in [0.15, 0.2) is 5.82 Å². The van der Waals surface area contributed by atoms with Crippen LogP contribution in [0.4, 0.5) is 5.82 Å². The first-order chi connectivity index (χ1) is 17.2. The largest absolute Gasteiger partial charge is 0.369 e. The number of nitrogens with zero attached hydrogens (tertiary/aromatic N) is 3. The molecule has 3 atom stereocenters. The number of thiophene rings is 1. The average molecular weight is 503 g/mol. The van der Waals surface area contributed by atoms with Crippen molar-refractivity contribution in [2.75, 3.05) is 25.5 Å². The summed E-state index contributed by atoms with van der Waals surface area (Å²) in [7, 11) is 2.31. The van der Waals surface area contributed by atoms with Crippen molar-refractivity contribution in [3.05, 3.63) is 65.0 Å². The van der Waals surface area contributed by atoms with Crippen LogP contribution < -0.4 is 5.32 Å². The van der Waals surface area contributed by atoms with E-state index in [0.29, 0.717) is 5.02 Å². The number of anilines is 1. The molecule has 2 aromatic heterocycles. The van der Waals surface area contributed by atoms with Gasteiger partial charge in [0.25, 0.3) is 0 Å². The maximum absolute atomic E-state index is 6.35. The molecule has 1 saturated heterocycles. The second kappa shape index (κ2) is 9.88. The number of nitrogens with one attached hydrogen (secondary N) is 1. The molecule has 35 heavy (non-hydrogen) atoms. The lowest BCUT2D eigenvalue weighted by molar-refractivity contribution is 0.205. The third kappa shape index (κ3) is 4.69. The Morgan fingerprint density at radius 1 is 1.03 bits per heavy atom. The topological polar surface area (TPSA) is 41.0 Å². The summed E-state index contributed by atoms with van der Waals surface area (Å²) in [5.41, 5.74) is 3.08. The van der Waals surface area contributed by atoms with Crippen LogP contribution in [0, 0.1) is 11.8 Å². The van der Waals surface area contributed by atoms with Gasteiger partial charge in [-0.05, 0) is 79.4 Å². The Hall–Kier alpha value is -2.47. The molecular weight excluding hydrogens is 472 g/mol. The first-order valence-corrected chi connectivity index (χ1v) is 14.0. The smallest absolute Gasteiger partial charge is 0.162 e. The molecule has 0 bridgehead atoms. The quantitative estimate of drug-likeness (QED) is 0.294. The van der Waals surface area contributed by atoms with Crippen molar-refractivity contribution in [3.63, 3.8) is 0 Å². The van der Waals surface area contributed by atoms with Gasteiger partial charge in [-0.25, -0.2) is 9.97 Å². The van der Waals surface area contributed by atoms with Gasteiger partial charge in [-0.1, -0.05) is 48.7 Å². The van der Waals surface area contributed by atoms with Crippen molar-refractivity contribution in [2.45, 2.75) is 38.1 Å². The zero-order valence-electron chi connectivity index (χ0n) is 20.1. The molecule has 4 aromatic rings. The third-order valence-corrected chi connectivity index (χ3v) is 9.02. The van der Waals surface area contributed by atoms with Crippen LogP contribution in [0.2, 0.25) is 5.02 Å². The van der Waals surface area contributed by atoms with Crippen molar-refractivity contribution >= 4 is 39.7 Å². The van der Waals surface area contributed by atoms with E-state index >= 15 is 0 Å². The molecule has 2 aromatic carbocycles. The van der Waals surface area contributed by atoms with Crippen LogP contribution in [0.1, 0.15) is 32.1 Å². The average Bonchev–Trinajstić information content (AvgIpc) is 3.53. The second-order valence-electron chi connectivity index (χ2n) is 10.0. The first-order valence-electron chi connectivity index (χ1n) is 12.7. The fourth-order valence-corrected chi connectivity index (χ4v) is 7.07. The lowest BCUT2D eigenvalue weighted by atomic mass is 9.78. The van der Waals surface area contributed by atoms with Gasteiger partial charge in [0, 0.05) is 40.0 Å². The molecule has 2 fully saturated rings. The Morgan fingerprint density at radius 2 is 1.91 bits per heavy atom. The number of halogens is 1.